The van der Waals surface area contributed by atoms with Crippen molar-refractivity contribution in [2.75, 3.05) is 12.4 Å². The van der Waals surface area contributed by atoms with E-state index >= 15 is 0 Å². The number of H-pyrrole nitrogens is 1. The van der Waals surface area contributed by atoms with Gasteiger partial charge >= 0.3 is 5.97 Å². The van der Waals surface area contributed by atoms with Crippen molar-refractivity contribution in [3.05, 3.63) is 40.5 Å². The van der Waals surface area contributed by atoms with Crippen molar-refractivity contribution in [3.63, 3.8) is 0 Å². The number of aromatic carboxylic acids is 1. The molecule has 3 N–H and O–H groups in total. The lowest BCUT2D eigenvalue weighted by Gasteiger charge is -2.07. The van der Waals surface area contributed by atoms with Gasteiger partial charge in [-0.3, -0.25) is 5.10 Å². The predicted octanol–water partition coefficient (Wildman–Crippen LogP) is 2.59. The van der Waals surface area contributed by atoms with Crippen LogP contribution in [0.1, 0.15) is 10.4 Å². The number of carboxylic acids is 1. The number of carbonyl (C=O) groups is 1. The maximum Gasteiger partial charge on any atom is 0.338 e. The molecule has 0 fully saturated rings. The fraction of sp³-hybridized carbons (Fsp3) is 0.0833. The Kier molecular flexibility index (Phi) is 3.76. The number of methoxy groups -OCH3 is 1. The van der Waals surface area contributed by atoms with E-state index in [-0.39, 0.29) is 10.2 Å². The van der Waals surface area contributed by atoms with Crippen molar-refractivity contribution >= 4 is 29.7 Å². The second-order valence-corrected chi connectivity index (χ2v) is 4.06. The monoisotopic (exact) mass is 277 g/mol. The summed E-state index contributed by atoms with van der Waals surface area (Å²) in [5.74, 6) is 0.00907. The number of nitrogens with zero attached hydrogens (tertiary/aromatic N) is 1. The van der Waals surface area contributed by atoms with Crippen molar-refractivity contribution in [2.24, 2.45) is 0 Å². The zero-order valence-corrected chi connectivity index (χ0v) is 10.8. The highest BCUT2D eigenvalue weighted by molar-refractivity contribution is 7.71. The van der Waals surface area contributed by atoms with Gasteiger partial charge in [0.25, 0.3) is 0 Å². The van der Waals surface area contributed by atoms with Crippen molar-refractivity contribution in [2.45, 2.75) is 0 Å². The van der Waals surface area contributed by atoms with Crippen LogP contribution in [0.3, 0.4) is 0 Å². The van der Waals surface area contributed by atoms with Gasteiger partial charge in [-0.2, -0.15) is 5.10 Å². The molecule has 0 saturated carbocycles. The summed E-state index contributed by atoms with van der Waals surface area (Å²) in [6, 6.07) is 8.54. The summed E-state index contributed by atoms with van der Waals surface area (Å²) in [5, 5.41) is 18.3. The summed E-state index contributed by atoms with van der Waals surface area (Å²) in [7, 11) is 1.58. The summed E-state index contributed by atoms with van der Waals surface area (Å²) in [6.45, 7) is 0. The molecule has 0 spiro atoms. The van der Waals surface area contributed by atoms with Gasteiger partial charge in [-0.1, -0.05) is 12.2 Å². The smallest absolute Gasteiger partial charge is 0.338 e. The number of anilines is 2. The highest BCUT2D eigenvalue weighted by Crippen LogP contribution is 2.19. The number of aromatic nitrogens is 2. The lowest BCUT2D eigenvalue weighted by atomic mass is 10.3. The highest BCUT2D eigenvalue weighted by Gasteiger charge is 2.08. The SMILES string of the molecule is COc1ccc(Nc2cc(C(=O)O)c(=S)[nH]n2)cc1. The van der Waals surface area contributed by atoms with Gasteiger partial charge in [-0.25, -0.2) is 4.79 Å². The van der Waals surface area contributed by atoms with E-state index in [0.29, 0.717) is 5.82 Å². The van der Waals surface area contributed by atoms with E-state index in [1.165, 1.54) is 6.07 Å². The third kappa shape index (κ3) is 3.08. The minimum atomic E-state index is -1.10. The molecule has 0 saturated heterocycles. The van der Waals surface area contributed by atoms with E-state index in [2.05, 4.69) is 15.5 Å². The number of aromatic amines is 1. The minimum Gasteiger partial charge on any atom is -0.497 e. The first-order valence-corrected chi connectivity index (χ1v) is 5.75. The van der Waals surface area contributed by atoms with Gasteiger partial charge in [0.1, 0.15) is 10.4 Å². The average Bonchev–Trinajstić information content (AvgIpc) is 2.41. The summed E-state index contributed by atoms with van der Waals surface area (Å²) >= 11 is 4.84. The molecule has 7 heteroatoms. The summed E-state index contributed by atoms with van der Waals surface area (Å²) in [5.41, 5.74) is 0.760. The van der Waals surface area contributed by atoms with E-state index in [0.717, 1.165) is 11.4 Å². The third-order valence-electron chi connectivity index (χ3n) is 2.40. The Morgan fingerprint density at radius 3 is 2.68 bits per heavy atom. The van der Waals surface area contributed by atoms with Crippen molar-refractivity contribution in [1.82, 2.24) is 10.2 Å². The summed E-state index contributed by atoms with van der Waals surface area (Å²) in [4.78, 5) is 11.0. The van der Waals surface area contributed by atoms with E-state index in [1.54, 1.807) is 31.4 Å². The Labute approximate surface area is 114 Å². The number of rotatable bonds is 4. The quantitative estimate of drug-likeness (QED) is 0.745. The molecule has 19 heavy (non-hydrogen) atoms. The fourth-order valence-corrected chi connectivity index (χ4v) is 1.64. The van der Waals surface area contributed by atoms with Crippen molar-refractivity contribution in [1.29, 1.82) is 0 Å². The second-order valence-electron chi connectivity index (χ2n) is 3.65. The van der Waals surface area contributed by atoms with E-state index in [4.69, 9.17) is 22.1 Å². The molecule has 0 aliphatic rings. The minimum absolute atomic E-state index is 0.000937. The molecular weight excluding hydrogens is 266 g/mol. The molecule has 0 amide bonds. The Bertz CT molecular complexity index is 652. The number of ether oxygens (including phenoxy) is 1. The Balaban J connectivity index is 2.25. The molecule has 0 radical (unpaired) electrons. The lowest BCUT2D eigenvalue weighted by Crippen LogP contribution is -2.03. The molecule has 1 aromatic heterocycles. The van der Waals surface area contributed by atoms with Gasteiger partial charge in [0, 0.05) is 11.8 Å². The van der Waals surface area contributed by atoms with Crippen LogP contribution in [0.4, 0.5) is 11.5 Å². The molecular formula is C12H11N3O3S. The van der Waals surface area contributed by atoms with Gasteiger partial charge in [-0.15, -0.1) is 0 Å². The first kappa shape index (κ1) is 13.0. The maximum atomic E-state index is 11.0. The number of hydrogen-bond donors (Lipinski definition) is 3. The normalized spacial score (nSPS) is 9.95. The highest BCUT2D eigenvalue weighted by atomic mass is 32.1. The average molecular weight is 277 g/mol. The molecule has 0 bridgehead atoms. The van der Waals surface area contributed by atoms with Crippen LogP contribution in [0, 0.1) is 4.64 Å². The van der Waals surface area contributed by atoms with E-state index < -0.39 is 5.97 Å². The molecule has 98 valence electrons. The summed E-state index contributed by atoms with van der Waals surface area (Å²) < 4.78 is 5.14. The van der Waals surface area contributed by atoms with Crippen LogP contribution in [0.15, 0.2) is 30.3 Å². The number of nitrogens with one attached hydrogen (secondary N) is 2. The molecule has 6 nitrogen and oxygen atoms in total. The molecule has 1 aromatic carbocycles. The summed E-state index contributed by atoms with van der Waals surface area (Å²) in [6.07, 6.45) is 0. The zero-order chi connectivity index (χ0) is 13.8. The predicted molar refractivity (Wildman–Crippen MR) is 72.7 cm³/mol. The molecule has 2 aromatic rings. The first-order valence-electron chi connectivity index (χ1n) is 5.34. The van der Waals surface area contributed by atoms with Gasteiger partial charge < -0.3 is 15.2 Å². The largest absolute Gasteiger partial charge is 0.497 e. The second kappa shape index (κ2) is 5.49. The number of carboxylic acid groups (broad SMARTS) is 1. The standard InChI is InChI=1S/C12H11N3O3S/c1-18-8-4-2-7(3-5-8)13-10-6-9(12(16)17)11(19)15-14-10/h2-6H,1H3,(H,13,14)(H,15,19)(H,16,17). The zero-order valence-electron chi connectivity index (χ0n) is 10.0. The van der Waals surface area contributed by atoms with Crippen LogP contribution < -0.4 is 10.1 Å². The Morgan fingerprint density at radius 1 is 1.42 bits per heavy atom. The lowest BCUT2D eigenvalue weighted by molar-refractivity contribution is 0.0695. The molecule has 2 rings (SSSR count). The van der Waals surface area contributed by atoms with Gasteiger partial charge in [0.15, 0.2) is 5.82 Å². The van der Waals surface area contributed by atoms with Crippen molar-refractivity contribution in [3.8, 4) is 5.75 Å². The van der Waals surface area contributed by atoms with Crippen LogP contribution in [0.25, 0.3) is 0 Å². The van der Waals surface area contributed by atoms with Gasteiger partial charge in [0.05, 0.1) is 12.7 Å². The molecule has 0 atom stereocenters. The fourth-order valence-electron chi connectivity index (χ4n) is 1.45. The van der Waals surface area contributed by atoms with Crippen LogP contribution >= 0.6 is 12.2 Å². The molecule has 0 aliphatic heterocycles. The van der Waals surface area contributed by atoms with E-state index in [1.807, 2.05) is 0 Å². The van der Waals surface area contributed by atoms with Crippen LogP contribution in [-0.4, -0.2) is 28.4 Å². The molecule has 0 aliphatic carbocycles. The van der Waals surface area contributed by atoms with Crippen LogP contribution in [0.2, 0.25) is 0 Å². The number of benzene rings is 1. The third-order valence-corrected chi connectivity index (χ3v) is 2.71. The Morgan fingerprint density at radius 2 is 2.11 bits per heavy atom. The van der Waals surface area contributed by atoms with Crippen molar-refractivity contribution < 1.29 is 14.6 Å². The topological polar surface area (TPSA) is 87.2 Å². The van der Waals surface area contributed by atoms with E-state index in [9.17, 15) is 4.79 Å². The van der Waals surface area contributed by atoms with Crippen LogP contribution in [-0.2, 0) is 0 Å². The Hall–Kier alpha value is -2.41. The molecule has 0 unspecified atom stereocenters. The first-order chi connectivity index (χ1) is 9.10. The number of hydrogen-bond acceptors (Lipinski definition) is 5. The maximum absolute atomic E-state index is 11.0. The van der Waals surface area contributed by atoms with Gasteiger partial charge in [0.2, 0.25) is 0 Å². The van der Waals surface area contributed by atoms with Gasteiger partial charge in [-0.05, 0) is 24.3 Å². The molecule has 1 heterocycles. The van der Waals surface area contributed by atoms with Crippen LogP contribution in [0.5, 0.6) is 5.75 Å².